The van der Waals surface area contributed by atoms with E-state index in [1.54, 1.807) is 24.3 Å². The van der Waals surface area contributed by atoms with Crippen molar-refractivity contribution in [3.63, 3.8) is 0 Å². The number of carbonyl (C=O) groups is 2. The molecule has 5 heteroatoms. The van der Waals surface area contributed by atoms with Gasteiger partial charge in [-0.05, 0) is 75.3 Å². The number of hydrogen-bond donors (Lipinski definition) is 2. The van der Waals surface area contributed by atoms with E-state index in [1.807, 2.05) is 25.8 Å². The Kier molecular flexibility index (Phi) is 6.91. The smallest absolute Gasteiger partial charge is 0.319 e. The third-order valence-electron chi connectivity index (χ3n) is 5.65. The van der Waals surface area contributed by atoms with Gasteiger partial charge in [-0.3, -0.25) is 4.79 Å². The van der Waals surface area contributed by atoms with Crippen LogP contribution in [0.3, 0.4) is 0 Å². The molecule has 2 N–H and O–H groups in total. The van der Waals surface area contributed by atoms with E-state index in [0.717, 1.165) is 25.7 Å². The van der Waals surface area contributed by atoms with E-state index in [-0.39, 0.29) is 24.0 Å². The second-order valence-electron chi connectivity index (χ2n) is 8.16. The predicted octanol–water partition coefficient (Wildman–Crippen LogP) is 5.01. The fourth-order valence-corrected chi connectivity index (χ4v) is 4.02. The van der Waals surface area contributed by atoms with Crippen LogP contribution in [-0.4, -0.2) is 36.0 Å². The average molecular weight is 394 g/mol. The van der Waals surface area contributed by atoms with Gasteiger partial charge in [0.1, 0.15) is 0 Å². The molecule has 3 amide bonds. The van der Waals surface area contributed by atoms with E-state index in [2.05, 4.69) is 41.0 Å². The molecule has 0 aromatic heterocycles. The van der Waals surface area contributed by atoms with Gasteiger partial charge in [0.05, 0.1) is 0 Å². The number of benzene rings is 2. The minimum absolute atomic E-state index is 0.0337. The molecular formula is C24H31N3O2. The van der Waals surface area contributed by atoms with Crippen LogP contribution >= 0.6 is 0 Å². The lowest BCUT2D eigenvalue weighted by atomic mass is 9.81. The maximum Gasteiger partial charge on any atom is 0.319 e. The van der Waals surface area contributed by atoms with Gasteiger partial charge < -0.3 is 15.5 Å². The molecule has 0 bridgehead atoms. The zero-order valence-electron chi connectivity index (χ0n) is 17.5. The minimum atomic E-state index is -0.244. The molecule has 0 atom stereocenters. The highest BCUT2D eigenvalue weighted by molar-refractivity contribution is 5.95. The van der Waals surface area contributed by atoms with Crippen molar-refractivity contribution in [1.29, 1.82) is 0 Å². The lowest BCUT2D eigenvalue weighted by Crippen LogP contribution is -2.39. The molecule has 5 nitrogen and oxygen atoms in total. The van der Waals surface area contributed by atoms with E-state index in [0.29, 0.717) is 17.2 Å². The van der Waals surface area contributed by atoms with Gasteiger partial charge in [-0.15, -0.1) is 0 Å². The maximum absolute atomic E-state index is 12.9. The Balaban J connectivity index is 1.54. The largest absolute Gasteiger partial charge is 0.339 e. The molecule has 1 aliphatic carbocycles. The number of nitrogens with zero attached hydrogens (tertiary/aromatic N) is 1. The third-order valence-corrected chi connectivity index (χ3v) is 5.65. The molecular weight excluding hydrogens is 362 g/mol. The van der Waals surface area contributed by atoms with Crippen LogP contribution < -0.4 is 10.6 Å². The summed E-state index contributed by atoms with van der Waals surface area (Å²) in [6.45, 7) is 3.81. The van der Waals surface area contributed by atoms with E-state index in [4.69, 9.17) is 0 Å². The summed E-state index contributed by atoms with van der Waals surface area (Å²) in [5.41, 5.74) is 2.72. The number of hydrogen-bond acceptors (Lipinski definition) is 2. The van der Waals surface area contributed by atoms with Crippen molar-refractivity contribution in [3.8, 4) is 0 Å². The highest BCUT2D eigenvalue weighted by Gasteiger charge is 2.27. The summed E-state index contributed by atoms with van der Waals surface area (Å²) in [5, 5.41) is 5.56. The van der Waals surface area contributed by atoms with Crippen LogP contribution in [0.1, 0.15) is 61.4 Å². The molecule has 0 heterocycles. The highest BCUT2D eigenvalue weighted by Crippen LogP contribution is 2.34. The third kappa shape index (κ3) is 5.59. The lowest BCUT2D eigenvalue weighted by molar-refractivity contribution is 0.0689. The van der Waals surface area contributed by atoms with Gasteiger partial charge >= 0.3 is 6.03 Å². The summed E-state index contributed by atoms with van der Waals surface area (Å²) >= 11 is 0. The predicted molar refractivity (Wildman–Crippen MR) is 117 cm³/mol. The summed E-state index contributed by atoms with van der Waals surface area (Å²) in [6, 6.07) is 17.9. The first kappa shape index (κ1) is 20.9. The molecule has 0 radical (unpaired) electrons. The molecule has 3 rings (SSSR count). The Bertz CT molecular complexity index is 810. The van der Waals surface area contributed by atoms with Gasteiger partial charge in [0, 0.05) is 30.4 Å². The quantitative estimate of drug-likeness (QED) is 0.750. The average Bonchev–Trinajstić information content (AvgIpc) is 2.73. The van der Waals surface area contributed by atoms with E-state index < -0.39 is 0 Å². The number of urea groups is 1. The number of carbonyl (C=O) groups excluding carboxylic acids is 2. The number of anilines is 1. The maximum atomic E-state index is 12.9. The van der Waals surface area contributed by atoms with Gasteiger partial charge in [-0.25, -0.2) is 4.79 Å². The van der Waals surface area contributed by atoms with Crippen LogP contribution in [0.25, 0.3) is 0 Å². The summed E-state index contributed by atoms with van der Waals surface area (Å²) in [4.78, 5) is 26.6. The molecule has 0 spiro atoms. The number of amides is 3. The second-order valence-corrected chi connectivity index (χ2v) is 8.16. The Hall–Kier alpha value is -2.82. The Morgan fingerprint density at radius 1 is 0.931 bits per heavy atom. The minimum Gasteiger partial charge on any atom is -0.339 e. The summed E-state index contributed by atoms with van der Waals surface area (Å²) in [5.74, 6) is 0.629. The summed E-state index contributed by atoms with van der Waals surface area (Å²) in [7, 11) is 1.90. The molecule has 29 heavy (non-hydrogen) atoms. The first-order chi connectivity index (χ1) is 13.9. The van der Waals surface area contributed by atoms with Gasteiger partial charge in [-0.1, -0.05) is 30.3 Å². The number of rotatable bonds is 5. The fourth-order valence-electron chi connectivity index (χ4n) is 4.02. The second kappa shape index (κ2) is 9.59. The molecule has 1 aliphatic rings. The van der Waals surface area contributed by atoms with Crippen molar-refractivity contribution in [1.82, 2.24) is 10.2 Å². The molecule has 154 valence electrons. The van der Waals surface area contributed by atoms with E-state index in [9.17, 15) is 9.59 Å². The van der Waals surface area contributed by atoms with Crippen LogP contribution in [-0.2, 0) is 0 Å². The van der Waals surface area contributed by atoms with Crippen molar-refractivity contribution in [3.05, 3.63) is 65.7 Å². The molecule has 0 saturated heterocycles. The van der Waals surface area contributed by atoms with Crippen molar-refractivity contribution in [2.75, 3.05) is 12.4 Å². The van der Waals surface area contributed by atoms with Gasteiger partial charge in [0.15, 0.2) is 0 Å². The molecule has 2 aromatic carbocycles. The normalized spacial score (nSPS) is 18.9. The fraction of sp³-hybridized carbons (Fsp3) is 0.417. The summed E-state index contributed by atoms with van der Waals surface area (Å²) in [6.07, 6.45) is 4.27. The SMILES string of the molecule is CC(C)NC(=O)Nc1ccc(C(=O)N(C)C2CCC(c3ccccc3)CC2)cc1. The van der Waals surface area contributed by atoms with Crippen LogP contribution in [0.4, 0.5) is 10.5 Å². The Labute approximate surface area is 173 Å². The monoisotopic (exact) mass is 393 g/mol. The van der Waals surface area contributed by atoms with Gasteiger partial charge in [0.25, 0.3) is 5.91 Å². The van der Waals surface area contributed by atoms with Crippen molar-refractivity contribution < 1.29 is 9.59 Å². The van der Waals surface area contributed by atoms with Crippen LogP contribution in [0, 0.1) is 0 Å². The lowest BCUT2D eigenvalue weighted by Gasteiger charge is -2.35. The number of nitrogens with one attached hydrogen (secondary N) is 2. The van der Waals surface area contributed by atoms with E-state index >= 15 is 0 Å². The van der Waals surface area contributed by atoms with Gasteiger partial charge in [0.2, 0.25) is 0 Å². The standard InChI is InChI=1S/C24H31N3O2/c1-17(2)25-24(29)26-21-13-9-20(10-14-21)23(28)27(3)22-15-11-19(12-16-22)18-7-5-4-6-8-18/h4-10,13-14,17,19,22H,11-12,15-16H2,1-3H3,(H2,25,26,29). The van der Waals surface area contributed by atoms with Gasteiger partial charge in [-0.2, -0.15) is 0 Å². The first-order valence-electron chi connectivity index (χ1n) is 10.4. The zero-order valence-corrected chi connectivity index (χ0v) is 17.5. The van der Waals surface area contributed by atoms with Crippen molar-refractivity contribution >= 4 is 17.6 Å². The highest BCUT2D eigenvalue weighted by atomic mass is 16.2. The van der Waals surface area contributed by atoms with Crippen molar-refractivity contribution in [2.45, 2.75) is 57.5 Å². The molecule has 0 aliphatic heterocycles. The molecule has 1 saturated carbocycles. The van der Waals surface area contributed by atoms with Crippen LogP contribution in [0.15, 0.2) is 54.6 Å². The van der Waals surface area contributed by atoms with Crippen LogP contribution in [0.2, 0.25) is 0 Å². The Morgan fingerprint density at radius 2 is 1.55 bits per heavy atom. The van der Waals surface area contributed by atoms with Crippen molar-refractivity contribution in [2.24, 2.45) is 0 Å². The van der Waals surface area contributed by atoms with Crippen LogP contribution in [0.5, 0.6) is 0 Å². The topological polar surface area (TPSA) is 61.4 Å². The molecule has 2 aromatic rings. The van der Waals surface area contributed by atoms with E-state index in [1.165, 1.54) is 5.56 Å². The zero-order chi connectivity index (χ0) is 20.8. The first-order valence-corrected chi connectivity index (χ1v) is 10.4. The molecule has 0 unspecified atom stereocenters. The summed E-state index contributed by atoms with van der Waals surface area (Å²) < 4.78 is 0. The molecule has 1 fully saturated rings. The Morgan fingerprint density at radius 3 is 2.14 bits per heavy atom.